The molecule has 0 radical (unpaired) electrons. The zero-order valence-electron chi connectivity index (χ0n) is 25.6. The van der Waals surface area contributed by atoms with Crippen LogP contribution in [0.5, 0.6) is 11.6 Å². The third kappa shape index (κ3) is 7.79. The molecule has 1 aromatic carbocycles. The number of halogens is 3. The maximum absolute atomic E-state index is 14.0. The Bertz CT molecular complexity index is 1690. The molecule has 1 aliphatic heterocycles. The number of alkyl halides is 3. The first kappa shape index (κ1) is 32.4. The van der Waals surface area contributed by atoms with E-state index < -0.39 is 23.1 Å². The summed E-state index contributed by atoms with van der Waals surface area (Å²) < 4.78 is 53.9. The van der Waals surface area contributed by atoms with Gasteiger partial charge in [-0.15, -0.1) is 0 Å². The van der Waals surface area contributed by atoms with Crippen molar-refractivity contribution < 1.29 is 32.5 Å². The van der Waals surface area contributed by atoms with Crippen LogP contribution in [0.25, 0.3) is 11.3 Å². The van der Waals surface area contributed by atoms with Gasteiger partial charge in [0.25, 0.3) is 5.88 Å². The van der Waals surface area contributed by atoms with Gasteiger partial charge in [-0.05, 0) is 63.8 Å². The number of anilines is 3. The van der Waals surface area contributed by atoms with Gasteiger partial charge in [0.15, 0.2) is 11.6 Å². The maximum atomic E-state index is 14.0. The third-order valence-corrected chi connectivity index (χ3v) is 7.40. The summed E-state index contributed by atoms with van der Waals surface area (Å²) in [4.78, 5) is 35.0. The molecule has 1 aliphatic rings. The average Bonchev–Trinajstić information content (AvgIpc) is 3.02. The molecule has 11 nitrogen and oxygen atoms in total. The van der Waals surface area contributed by atoms with Crippen molar-refractivity contribution in [2.45, 2.75) is 52.3 Å². The van der Waals surface area contributed by atoms with Crippen molar-refractivity contribution in [1.29, 1.82) is 0 Å². The molecule has 46 heavy (non-hydrogen) atoms. The van der Waals surface area contributed by atoms with E-state index in [1.165, 1.54) is 18.3 Å². The number of rotatable bonds is 11. The van der Waals surface area contributed by atoms with Crippen LogP contribution in [-0.2, 0) is 17.4 Å². The molecule has 0 saturated carbocycles. The first-order chi connectivity index (χ1) is 21.9. The number of hydrogen-bond donors (Lipinski definition) is 2. The fourth-order valence-electron chi connectivity index (χ4n) is 5.10. The topological polar surface area (TPSA) is 135 Å². The second-order valence-corrected chi connectivity index (χ2v) is 11.5. The minimum Gasteiger partial charge on any atom is -0.488 e. The highest BCUT2D eigenvalue weighted by Crippen LogP contribution is 2.37. The lowest BCUT2D eigenvalue weighted by molar-refractivity contribution is -0.146. The van der Waals surface area contributed by atoms with Crippen LogP contribution in [0.3, 0.4) is 0 Å². The van der Waals surface area contributed by atoms with Gasteiger partial charge in [-0.25, -0.2) is 19.9 Å². The molecule has 0 unspecified atom stereocenters. The van der Waals surface area contributed by atoms with Gasteiger partial charge < -0.3 is 24.8 Å². The summed E-state index contributed by atoms with van der Waals surface area (Å²) in [6, 6.07) is 9.85. The van der Waals surface area contributed by atoms with E-state index in [1.54, 1.807) is 50.5 Å². The van der Waals surface area contributed by atoms with E-state index in [-0.39, 0.29) is 35.5 Å². The number of aliphatic carboxylic acids is 1. The number of aromatic nitrogens is 5. The lowest BCUT2D eigenvalue weighted by Gasteiger charge is -2.33. The number of nitrogens with zero attached hydrogens (tertiary/aromatic N) is 6. The average molecular weight is 638 g/mol. The maximum Gasteiger partial charge on any atom is 0.419 e. The standard InChI is InChI=1S/C32H34F3N7O4/c1-4-45-24-11-6-12-37-28(24)46-22-10-7-13-42(19-22)26-18-36-17-25(39-26)40-30-38-16-23(32(33,34)35)27(41-30)21-9-5-8-20(14-21)15-31(2,3)29(43)44/h5-6,8-9,11-12,14,16-18,22H,4,7,10,13,15,19H2,1-3H3,(H,43,44)(H,38,39,40,41)/t22-/m1/s1. The molecule has 1 saturated heterocycles. The summed E-state index contributed by atoms with van der Waals surface area (Å²) >= 11 is 0. The molecule has 2 N–H and O–H groups in total. The van der Waals surface area contributed by atoms with Crippen molar-refractivity contribution in [3.8, 4) is 22.9 Å². The third-order valence-electron chi connectivity index (χ3n) is 7.40. The van der Waals surface area contributed by atoms with Gasteiger partial charge in [0.05, 0.1) is 36.7 Å². The van der Waals surface area contributed by atoms with Crippen LogP contribution in [0.2, 0.25) is 0 Å². The minimum atomic E-state index is -4.73. The molecule has 242 valence electrons. The van der Waals surface area contributed by atoms with Gasteiger partial charge in [-0.3, -0.25) is 9.78 Å². The zero-order chi connectivity index (χ0) is 32.9. The first-order valence-electron chi connectivity index (χ1n) is 14.8. The number of pyridine rings is 1. The number of hydrogen-bond acceptors (Lipinski definition) is 10. The second kappa shape index (κ2) is 13.5. The normalized spacial score (nSPS) is 15.3. The van der Waals surface area contributed by atoms with E-state index in [0.717, 1.165) is 19.0 Å². The molecule has 0 bridgehead atoms. The van der Waals surface area contributed by atoms with Crippen LogP contribution >= 0.6 is 0 Å². The fraction of sp³-hybridized carbons (Fsp3) is 0.375. The molecular weight excluding hydrogens is 603 g/mol. The highest BCUT2D eigenvalue weighted by molar-refractivity contribution is 5.74. The van der Waals surface area contributed by atoms with Crippen molar-refractivity contribution in [3.63, 3.8) is 0 Å². The monoisotopic (exact) mass is 637 g/mol. The summed E-state index contributed by atoms with van der Waals surface area (Å²) in [6.45, 7) is 6.70. The summed E-state index contributed by atoms with van der Waals surface area (Å²) in [5.41, 5.74) is -1.74. The Morgan fingerprint density at radius 2 is 1.93 bits per heavy atom. The summed E-state index contributed by atoms with van der Waals surface area (Å²) in [5.74, 6) is 0.659. The van der Waals surface area contributed by atoms with Crippen LogP contribution in [0, 0.1) is 5.41 Å². The Labute approximate surface area is 263 Å². The lowest BCUT2D eigenvalue weighted by atomic mass is 9.85. The quantitative estimate of drug-likeness (QED) is 0.195. The Morgan fingerprint density at radius 3 is 2.70 bits per heavy atom. The molecular formula is C32H34F3N7O4. The van der Waals surface area contributed by atoms with E-state index >= 15 is 0 Å². The van der Waals surface area contributed by atoms with Crippen molar-refractivity contribution in [2.75, 3.05) is 29.9 Å². The second-order valence-electron chi connectivity index (χ2n) is 11.5. The van der Waals surface area contributed by atoms with Gasteiger partial charge in [0.2, 0.25) is 5.95 Å². The molecule has 4 heterocycles. The number of benzene rings is 1. The predicted octanol–water partition coefficient (Wildman–Crippen LogP) is 6.19. The molecule has 0 aliphatic carbocycles. The summed E-state index contributed by atoms with van der Waals surface area (Å²) in [6.07, 6.45) is 2.24. The number of piperidine rings is 1. The smallest absolute Gasteiger partial charge is 0.419 e. The molecule has 1 fully saturated rings. The Balaban J connectivity index is 1.36. The molecule has 4 aromatic rings. The number of carbonyl (C=O) groups is 1. The van der Waals surface area contributed by atoms with E-state index in [0.29, 0.717) is 42.7 Å². The Kier molecular flexibility index (Phi) is 9.54. The molecule has 0 spiro atoms. The van der Waals surface area contributed by atoms with Gasteiger partial charge >= 0.3 is 12.1 Å². The van der Waals surface area contributed by atoms with E-state index in [1.807, 2.05) is 11.8 Å². The Hall–Kier alpha value is -5.01. The number of nitrogens with one attached hydrogen (secondary N) is 1. The molecule has 1 atom stereocenters. The molecule has 3 aromatic heterocycles. The van der Waals surface area contributed by atoms with Crippen LogP contribution in [0.1, 0.15) is 44.7 Å². The van der Waals surface area contributed by atoms with Crippen LogP contribution in [0.15, 0.2) is 61.2 Å². The molecule has 14 heteroatoms. The zero-order valence-corrected chi connectivity index (χ0v) is 25.6. The SMILES string of the molecule is CCOc1cccnc1O[C@@H]1CCCN(c2cncc(Nc3ncc(C(F)(F)F)c(-c4cccc(CC(C)(C)C(=O)O)c4)n3)n2)C1. The predicted molar refractivity (Wildman–Crippen MR) is 164 cm³/mol. The van der Waals surface area contributed by atoms with Crippen molar-refractivity contribution >= 4 is 23.6 Å². The number of carboxylic acid groups (broad SMARTS) is 1. The highest BCUT2D eigenvalue weighted by atomic mass is 19.4. The highest BCUT2D eigenvalue weighted by Gasteiger charge is 2.36. The Morgan fingerprint density at radius 1 is 1.11 bits per heavy atom. The van der Waals surface area contributed by atoms with Gasteiger partial charge in [0, 0.05) is 24.5 Å². The number of carboxylic acids is 1. The lowest BCUT2D eigenvalue weighted by Crippen LogP contribution is -2.41. The van der Waals surface area contributed by atoms with Gasteiger partial charge in [-0.2, -0.15) is 13.2 Å². The van der Waals surface area contributed by atoms with Crippen LogP contribution in [0.4, 0.5) is 30.8 Å². The summed E-state index contributed by atoms with van der Waals surface area (Å²) in [7, 11) is 0. The van der Waals surface area contributed by atoms with E-state index in [9.17, 15) is 23.1 Å². The molecule has 0 amide bonds. The van der Waals surface area contributed by atoms with Crippen molar-refractivity contribution in [1.82, 2.24) is 24.9 Å². The molecule has 5 rings (SSSR count). The van der Waals surface area contributed by atoms with Crippen molar-refractivity contribution in [2.24, 2.45) is 5.41 Å². The van der Waals surface area contributed by atoms with Crippen LogP contribution < -0.4 is 19.7 Å². The minimum absolute atomic E-state index is 0.107. The van der Waals surface area contributed by atoms with E-state index in [4.69, 9.17) is 9.47 Å². The van der Waals surface area contributed by atoms with Crippen LogP contribution in [-0.4, -0.2) is 61.8 Å². The van der Waals surface area contributed by atoms with E-state index in [2.05, 4.69) is 30.2 Å². The number of ether oxygens (including phenoxy) is 2. The van der Waals surface area contributed by atoms with Gasteiger partial charge in [-0.1, -0.05) is 18.2 Å². The largest absolute Gasteiger partial charge is 0.488 e. The fourth-order valence-corrected chi connectivity index (χ4v) is 5.10. The van der Waals surface area contributed by atoms with Gasteiger partial charge in [0.1, 0.15) is 17.5 Å². The summed E-state index contributed by atoms with van der Waals surface area (Å²) in [5, 5.41) is 12.4. The van der Waals surface area contributed by atoms with Crippen molar-refractivity contribution in [3.05, 3.63) is 72.3 Å². The first-order valence-corrected chi connectivity index (χ1v) is 14.8.